The van der Waals surface area contributed by atoms with Crippen LogP contribution in [-0.2, 0) is 6.42 Å². The van der Waals surface area contributed by atoms with E-state index < -0.39 is 0 Å². The lowest BCUT2D eigenvalue weighted by atomic mass is 10.1. The summed E-state index contributed by atoms with van der Waals surface area (Å²) < 4.78 is 14.6. The van der Waals surface area contributed by atoms with Crippen molar-refractivity contribution in [3.05, 3.63) is 80.0 Å². The third kappa shape index (κ3) is 3.52. The molecule has 3 aromatic rings. The van der Waals surface area contributed by atoms with E-state index in [2.05, 4.69) is 59.8 Å². The molecule has 106 valence electrons. The predicted molar refractivity (Wildman–Crippen MR) is 96.4 cm³/mol. The van der Waals surface area contributed by atoms with Crippen LogP contribution in [0.2, 0.25) is 0 Å². The van der Waals surface area contributed by atoms with Gasteiger partial charge in [-0.25, -0.2) is 4.39 Å². The molecule has 0 fully saturated rings. The Labute approximate surface area is 141 Å². The highest BCUT2D eigenvalue weighted by atomic mass is 127. The minimum absolute atomic E-state index is 0.184. The van der Waals surface area contributed by atoms with Gasteiger partial charge in [0.25, 0.3) is 0 Å². The van der Waals surface area contributed by atoms with Crippen LogP contribution in [0.4, 0.5) is 4.39 Å². The molecule has 0 aliphatic rings. The molecule has 2 aromatic carbocycles. The molecule has 0 saturated carbocycles. The van der Waals surface area contributed by atoms with E-state index in [0.29, 0.717) is 0 Å². The molecular formula is C18H14FIS. The molecule has 0 bridgehead atoms. The summed E-state index contributed by atoms with van der Waals surface area (Å²) in [6.45, 7) is 2.15. The minimum Gasteiger partial charge on any atom is -0.207 e. The number of hydrogen-bond donors (Lipinski definition) is 0. The summed E-state index contributed by atoms with van der Waals surface area (Å²) in [5.74, 6) is -0.184. The van der Waals surface area contributed by atoms with E-state index in [-0.39, 0.29) is 5.82 Å². The third-order valence-electron chi connectivity index (χ3n) is 3.45. The van der Waals surface area contributed by atoms with Crippen molar-refractivity contribution < 1.29 is 4.39 Å². The summed E-state index contributed by atoms with van der Waals surface area (Å²) in [4.78, 5) is 2.42. The van der Waals surface area contributed by atoms with Gasteiger partial charge in [0.2, 0.25) is 0 Å². The monoisotopic (exact) mass is 408 g/mol. The summed E-state index contributed by atoms with van der Waals surface area (Å²) in [5, 5.41) is 0. The second-order valence-corrected chi connectivity index (χ2v) is 7.44. The highest BCUT2D eigenvalue weighted by Crippen LogP contribution is 2.30. The predicted octanol–water partition coefficient (Wildman–Crippen LogP) is 6.06. The first-order chi connectivity index (χ1) is 10.1. The summed E-state index contributed by atoms with van der Waals surface area (Å²) in [6, 6.07) is 17.5. The molecule has 0 spiro atoms. The van der Waals surface area contributed by atoms with Crippen LogP contribution in [0.1, 0.15) is 16.0 Å². The van der Waals surface area contributed by atoms with Gasteiger partial charge in [0.05, 0.1) is 0 Å². The standard InChI is InChI=1S/C18H14FIS/c1-12-5-6-16(20)10-14(12)11-17-7-8-18(21-17)13-3-2-4-15(19)9-13/h2-10H,11H2,1H3. The quantitative estimate of drug-likeness (QED) is 0.463. The Kier molecular flexibility index (Phi) is 4.40. The summed E-state index contributed by atoms with van der Waals surface area (Å²) >= 11 is 4.08. The maximum absolute atomic E-state index is 13.3. The molecule has 0 aliphatic carbocycles. The molecule has 0 saturated heterocycles. The first-order valence-corrected chi connectivity index (χ1v) is 8.61. The Morgan fingerprint density at radius 1 is 1.05 bits per heavy atom. The van der Waals surface area contributed by atoms with E-state index in [9.17, 15) is 4.39 Å². The van der Waals surface area contributed by atoms with Crippen LogP contribution in [0.15, 0.2) is 54.6 Å². The molecule has 1 heterocycles. The first kappa shape index (κ1) is 14.7. The molecular weight excluding hydrogens is 394 g/mol. The summed E-state index contributed by atoms with van der Waals surface area (Å²) in [6.07, 6.45) is 0.933. The van der Waals surface area contributed by atoms with Gasteiger partial charge in [-0.15, -0.1) is 11.3 Å². The van der Waals surface area contributed by atoms with Crippen molar-refractivity contribution in [3.63, 3.8) is 0 Å². The lowest BCUT2D eigenvalue weighted by molar-refractivity contribution is 0.628. The fourth-order valence-corrected chi connectivity index (χ4v) is 3.87. The van der Waals surface area contributed by atoms with Crippen LogP contribution in [0.25, 0.3) is 10.4 Å². The number of benzene rings is 2. The zero-order chi connectivity index (χ0) is 14.8. The molecule has 0 atom stereocenters. The first-order valence-electron chi connectivity index (χ1n) is 6.71. The van der Waals surface area contributed by atoms with Crippen LogP contribution in [0, 0.1) is 16.3 Å². The number of halogens is 2. The lowest BCUT2D eigenvalue weighted by Crippen LogP contribution is -1.90. The SMILES string of the molecule is Cc1ccc(I)cc1Cc1ccc(-c2cccc(F)c2)s1. The summed E-state index contributed by atoms with van der Waals surface area (Å²) in [5.41, 5.74) is 3.62. The number of aryl methyl sites for hydroxylation is 1. The van der Waals surface area contributed by atoms with Crippen molar-refractivity contribution >= 4 is 33.9 Å². The molecule has 0 unspecified atom stereocenters. The fraction of sp³-hybridized carbons (Fsp3) is 0.111. The topological polar surface area (TPSA) is 0 Å². The van der Waals surface area contributed by atoms with Crippen molar-refractivity contribution in [3.8, 4) is 10.4 Å². The molecule has 0 nitrogen and oxygen atoms in total. The van der Waals surface area contributed by atoms with E-state index >= 15 is 0 Å². The van der Waals surface area contributed by atoms with Gasteiger partial charge in [0.1, 0.15) is 5.82 Å². The highest BCUT2D eigenvalue weighted by molar-refractivity contribution is 14.1. The van der Waals surface area contributed by atoms with Crippen LogP contribution >= 0.6 is 33.9 Å². The lowest BCUT2D eigenvalue weighted by Gasteiger charge is -2.05. The van der Waals surface area contributed by atoms with Gasteiger partial charge in [0.15, 0.2) is 0 Å². The van der Waals surface area contributed by atoms with Crippen LogP contribution in [0.3, 0.4) is 0 Å². The third-order valence-corrected chi connectivity index (χ3v) is 5.25. The van der Waals surface area contributed by atoms with Crippen LogP contribution in [-0.4, -0.2) is 0 Å². The molecule has 0 aliphatic heterocycles. The van der Waals surface area contributed by atoms with Gasteiger partial charge in [-0.05, 0) is 82.6 Å². The minimum atomic E-state index is -0.184. The largest absolute Gasteiger partial charge is 0.207 e. The zero-order valence-electron chi connectivity index (χ0n) is 11.6. The maximum Gasteiger partial charge on any atom is 0.123 e. The molecule has 0 N–H and O–H groups in total. The Bertz CT molecular complexity index is 776. The van der Waals surface area contributed by atoms with Crippen molar-refractivity contribution in [1.82, 2.24) is 0 Å². The van der Waals surface area contributed by atoms with Crippen molar-refractivity contribution in [2.24, 2.45) is 0 Å². The number of thiophene rings is 1. The van der Waals surface area contributed by atoms with Crippen LogP contribution in [0.5, 0.6) is 0 Å². The molecule has 1 aromatic heterocycles. The molecule has 0 amide bonds. The normalized spacial score (nSPS) is 10.8. The van der Waals surface area contributed by atoms with Crippen molar-refractivity contribution in [1.29, 1.82) is 0 Å². The van der Waals surface area contributed by atoms with Gasteiger partial charge in [-0.3, -0.25) is 0 Å². The molecule has 3 heteroatoms. The summed E-state index contributed by atoms with van der Waals surface area (Å²) in [7, 11) is 0. The Morgan fingerprint density at radius 3 is 2.71 bits per heavy atom. The average molecular weight is 408 g/mol. The Hall–Kier alpha value is -1.20. The number of hydrogen-bond acceptors (Lipinski definition) is 1. The van der Waals surface area contributed by atoms with E-state index in [1.807, 2.05) is 6.07 Å². The second kappa shape index (κ2) is 6.28. The molecule has 3 rings (SSSR count). The van der Waals surface area contributed by atoms with E-state index in [0.717, 1.165) is 16.9 Å². The van der Waals surface area contributed by atoms with Gasteiger partial charge in [-0.2, -0.15) is 0 Å². The van der Waals surface area contributed by atoms with Gasteiger partial charge < -0.3 is 0 Å². The van der Waals surface area contributed by atoms with Gasteiger partial charge in [-0.1, -0.05) is 18.2 Å². The second-order valence-electron chi connectivity index (χ2n) is 5.02. The van der Waals surface area contributed by atoms with Crippen LogP contribution < -0.4 is 0 Å². The Balaban J connectivity index is 1.87. The smallest absolute Gasteiger partial charge is 0.123 e. The number of rotatable bonds is 3. The van der Waals surface area contributed by atoms with Crippen molar-refractivity contribution in [2.75, 3.05) is 0 Å². The molecule has 0 radical (unpaired) electrons. The van der Waals surface area contributed by atoms with Gasteiger partial charge >= 0.3 is 0 Å². The van der Waals surface area contributed by atoms with E-state index in [1.54, 1.807) is 23.5 Å². The van der Waals surface area contributed by atoms with E-state index in [4.69, 9.17) is 0 Å². The zero-order valence-corrected chi connectivity index (χ0v) is 14.5. The molecule has 21 heavy (non-hydrogen) atoms. The fourth-order valence-electron chi connectivity index (χ4n) is 2.29. The van der Waals surface area contributed by atoms with Crippen molar-refractivity contribution in [2.45, 2.75) is 13.3 Å². The van der Waals surface area contributed by atoms with Gasteiger partial charge in [0, 0.05) is 19.7 Å². The maximum atomic E-state index is 13.3. The van der Waals surface area contributed by atoms with E-state index in [1.165, 1.54) is 25.6 Å². The Morgan fingerprint density at radius 2 is 1.90 bits per heavy atom. The average Bonchev–Trinajstić information content (AvgIpc) is 2.91. The highest BCUT2D eigenvalue weighted by Gasteiger charge is 2.06.